The molecule has 0 radical (unpaired) electrons. The van der Waals surface area contributed by atoms with Gasteiger partial charge in [0.05, 0.1) is 12.7 Å². The molecule has 3 aromatic rings. The van der Waals surface area contributed by atoms with Crippen LogP contribution < -0.4 is 15.7 Å². The molecule has 4 rings (SSSR count). The number of imidazole rings is 1. The van der Waals surface area contributed by atoms with Crippen LogP contribution >= 0.6 is 0 Å². The summed E-state index contributed by atoms with van der Waals surface area (Å²) < 4.78 is 12.2. The van der Waals surface area contributed by atoms with E-state index in [-0.39, 0.29) is 36.6 Å². The molecule has 1 saturated heterocycles. The summed E-state index contributed by atoms with van der Waals surface area (Å²) in [5.41, 5.74) is -0.108. The Kier molecular flexibility index (Phi) is 5.25. The fourth-order valence-corrected chi connectivity index (χ4v) is 3.17. The van der Waals surface area contributed by atoms with Gasteiger partial charge in [-0.2, -0.15) is 0 Å². The molecular weight excluding hydrogens is 382 g/mol. The highest BCUT2D eigenvalue weighted by Gasteiger charge is 2.36. The molecular formula is C18H19N5O6. The molecule has 4 N–H and O–H groups in total. The number of aromatic amines is 1. The fourth-order valence-electron chi connectivity index (χ4n) is 3.17. The maximum Gasteiger partial charge on any atom is 0.329 e. The van der Waals surface area contributed by atoms with Crippen LogP contribution in [0.15, 0.2) is 41.5 Å². The first kappa shape index (κ1) is 19.1. The van der Waals surface area contributed by atoms with Crippen molar-refractivity contribution in [2.75, 3.05) is 18.5 Å². The van der Waals surface area contributed by atoms with Crippen LogP contribution in [0.4, 0.5) is 5.82 Å². The molecule has 0 saturated carbocycles. The normalized spacial score (nSPS) is 21.4. The minimum atomic E-state index is -0.905. The number of fused-ring (bicyclic) bond motifs is 1. The van der Waals surface area contributed by atoms with Crippen molar-refractivity contribution in [2.24, 2.45) is 0 Å². The second kappa shape index (κ2) is 7.99. The van der Waals surface area contributed by atoms with Crippen molar-refractivity contribution in [3.05, 3.63) is 47.1 Å². The average molecular weight is 401 g/mol. The molecule has 1 aliphatic heterocycles. The summed E-state index contributed by atoms with van der Waals surface area (Å²) >= 11 is 0. The minimum absolute atomic E-state index is 0.116. The molecule has 11 nitrogen and oxygen atoms in total. The summed E-state index contributed by atoms with van der Waals surface area (Å²) in [5, 5.41) is 21.8. The SMILES string of the molecule is O=C(COc1ccccc1)Nc1ncnc2c1[nH]c(=O)n2[C@H]1CC(O)[C@@H](CO)O1. The molecule has 1 aromatic carbocycles. The number of hydrogen-bond acceptors (Lipinski definition) is 8. The molecule has 1 aliphatic rings. The van der Waals surface area contributed by atoms with Crippen LogP contribution in [0.25, 0.3) is 11.2 Å². The lowest BCUT2D eigenvalue weighted by Crippen LogP contribution is -2.25. The van der Waals surface area contributed by atoms with E-state index in [1.165, 1.54) is 10.9 Å². The van der Waals surface area contributed by atoms with Crippen LogP contribution in [-0.2, 0) is 9.53 Å². The minimum Gasteiger partial charge on any atom is -0.484 e. The van der Waals surface area contributed by atoms with Crippen molar-refractivity contribution >= 4 is 22.9 Å². The van der Waals surface area contributed by atoms with E-state index in [4.69, 9.17) is 9.47 Å². The Balaban J connectivity index is 1.54. The van der Waals surface area contributed by atoms with Crippen LogP contribution in [0, 0.1) is 0 Å². The van der Waals surface area contributed by atoms with Gasteiger partial charge in [-0.15, -0.1) is 0 Å². The highest BCUT2D eigenvalue weighted by molar-refractivity contribution is 5.97. The number of aromatic nitrogens is 4. The zero-order valence-electron chi connectivity index (χ0n) is 15.2. The number of amides is 1. The smallest absolute Gasteiger partial charge is 0.329 e. The lowest BCUT2D eigenvalue weighted by Gasteiger charge is -2.13. The van der Waals surface area contributed by atoms with Gasteiger partial charge in [-0.05, 0) is 12.1 Å². The van der Waals surface area contributed by atoms with Gasteiger partial charge in [-0.3, -0.25) is 4.79 Å². The molecule has 1 unspecified atom stereocenters. The van der Waals surface area contributed by atoms with Gasteiger partial charge >= 0.3 is 5.69 Å². The zero-order valence-corrected chi connectivity index (χ0v) is 15.2. The second-order valence-electron chi connectivity index (χ2n) is 6.49. The summed E-state index contributed by atoms with van der Waals surface area (Å²) in [4.78, 5) is 35.4. The predicted octanol–water partition coefficient (Wildman–Crippen LogP) is -0.222. The van der Waals surface area contributed by atoms with Gasteiger partial charge in [-0.25, -0.2) is 19.3 Å². The Morgan fingerprint density at radius 2 is 2.14 bits per heavy atom. The third-order valence-corrected chi connectivity index (χ3v) is 4.55. The monoisotopic (exact) mass is 401 g/mol. The topological polar surface area (TPSA) is 152 Å². The Morgan fingerprint density at radius 1 is 1.34 bits per heavy atom. The van der Waals surface area contributed by atoms with Gasteiger partial charge in [0.2, 0.25) is 0 Å². The van der Waals surface area contributed by atoms with Crippen molar-refractivity contribution in [3.63, 3.8) is 0 Å². The first-order valence-corrected chi connectivity index (χ1v) is 8.94. The maximum absolute atomic E-state index is 12.5. The van der Waals surface area contributed by atoms with Crippen LogP contribution in [0.3, 0.4) is 0 Å². The van der Waals surface area contributed by atoms with E-state index < -0.39 is 30.0 Å². The van der Waals surface area contributed by atoms with Gasteiger partial charge in [-0.1, -0.05) is 18.2 Å². The third kappa shape index (κ3) is 3.83. The Labute approximate surface area is 163 Å². The number of nitrogens with zero attached hydrogens (tertiary/aromatic N) is 3. The van der Waals surface area contributed by atoms with E-state index in [1.807, 2.05) is 6.07 Å². The first-order valence-electron chi connectivity index (χ1n) is 8.94. The van der Waals surface area contributed by atoms with Crippen LogP contribution in [0.1, 0.15) is 12.6 Å². The van der Waals surface area contributed by atoms with E-state index in [2.05, 4.69) is 20.3 Å². The highest BCUT2D eigenvalue weighted by Crippen LogP contribution is 2.30. The molecule has 2 aromatic heterocycles. The number of rotatable bonds is 6. The number of para-hydroxylation sites is 1. The summed E-state index contributed by atoms with van der Waals surface area (Å²) in [7, 11) is 0. The van der Waals surface area contributed by atoms with Crippen molar-refractivity contribution < 1.29 is 24.5 Å². The lowest BCUT2D eigenvalue weighted by atomic mass is 10.2. The Hall–Kier alpha value is -3.28. The molecule has 1 amide bonds. The van der Waals surface area contributed by atoms with E-state index in [9.17, 15) is 19.8 Å². The molecule has 29 heavy (non-hydrogen) atoms. The largest absolute Gasteiger partial charge is 0.484 e. The predicted molar refractivity (Wildman–Crippen MR) is 100 cm³/mol. The van der Waals surface area contributed by atoms with Crippen LogP contribution in [0.5, 0.6) is 5.75 Å². The van der Waals surface area contributed by atoms with Crippen molar-refractivity contribution in [3.8, 4) is 5.75 Å². The lowest BCUT2D eigenvalue weighted by molar-refractivity contribution is -0.118. The Morgan fingerprint density at radius 3 is 2.86 bits per heavy atom. The number of benzene rings is 1. The standard InChI is InChI=1S/C18H19N5O6/c24-7-12-11(25)6-14(29-12)23-17-15(22-18(23)27)16(19-9-20-17)21-13(26)8-28-10-4-2-1-3-5-10/h1-5,9,11-12,14,24-25H,6-8H2,(H,22,27)(H,19,20,21,26)/t11?,12-,14-/m1/s1. The maximum atomic E-state index is 12.5. The number of anilines is 1. The molecule has 0 aliphatic carbocycles. The average Bonchev–Trinajstić information content (AvgIpc) is 3.26. The van der Waals surface area contributed by atoms with Crippen LogP contribution in [-0.4, -0.2) is 61.1 Å². The van der Waals surface area contributed by atoms with Gasteiger partial charge in [0, 0.05) is 6.42 Å². The number of ether oxygens (including phenoxy) is 2. The second-order valence-corrected chi connectivity index (χ2v) is 6.49. The summed E-state index contributed by atoms with van der Waals surface area (Å²) in [5.74, 6) is 0.200. The zero-order chi connectivity index (χ0) is 20.4. The number of hydrogen-bond donors (Lipinski definition) is 4. The molecule has 3 atom stereocenters. The summed E-state index contributed by atoms with van der Waals surface area (Å²) in [6, 6.07) is 8.87. The fraction of sp³-hybridized carbons (Fsp3) is 0.333. The molecule has 1 fully saturated rings. The van der Waals surface area contributed by atoms with E-state index in [0.29, 0.717) is 5.75 Å². The number of carbonyl (C=O) groups excluding carboxylic acids is 1. The van der Waals surface area contributed by atoms with Crippen molar-refractivity contribution in [1.29, 1.82) is 0 Å². The van der Waals surface area contributed by atoms with Gasteiger partial charge in [0.15, 0.2) is 18.1 Å². The van der Waals surface area contributed by atoms with Gasteiger partial charge in [0.25, 0.3) is 5.91 Å². The van der Waals surface area contributed by atoms with E-state index in [0.717, 1.165) is 0 Å². The molecule has 3 heterocycles. The van der Waals surface area contributed by atoms with Gasteiger partial charge in [0.1, 0.15) is 29.9 Å². The van der Waals surface area contributed by atoms with Crippen molar-refractivity contribution in [2.45, 2.75) is 24.9 Å². The van der Waals surface area contributed by atoms with Crippen LogP contribution in [0.2, 0.25) is 0 Å². The molecule has 0 bridgehead atoms. The first-order chi connectivity index (χ1) is 14.1. The molecule has 0 spiro atoms. The van der Waals surface area contributed by atoms with E-state index >= 15 is 0 Å². The molecule has 152 valence electrons. The third-order valence-electron chi connectivity index (χ3n) is 4.55. The number of H-pyrrole nitrogens is 1. The summed E-state index contributed by atoms with van der Waals surface area (Å²) in [6.07, 6.45) is -1.17. The Bertz CT molecular complexity index is 1070. The number of aliphatic hydroxyl groups excluding tert-OH is 2. The quantitative estimate of drug-likeness (QED) is 0.442. The van der Waals surface area contributed by atoms with Crippen molar-refractivity contribution in [1.82, 2.24) is 19.5 Å². The van der Waals surface area contributed by atoms with Gasteiger partial charge < -0.3 is 30.0 Å². The number of nitrogens with one attached hydrogen (secondary N) is 2. The highest BCUT2D eigenvalue weighted by atomic mass is 16.5. The number of aliphatic hydroxyl groups is 2. The van der Waals surface area contributed by atoms with E-state index in [1.54, 1.807) is 24.3 Å². The summed E-state index contributed by atoms with van der Waals surface area (Å²) in [6.45, 7) is -0.608. The molecule has 11 heteroatoms. The number of carbonyl (C=O) groups is 1.